The van der Waals surface area contributed by atoms with Gasteiger partial charge in [-0.1, -0.05) is 12.1 Å². The van der Waals surface area contributed by atoms with Crippen molar-refractivity contribution in [3.05, 3.63) is 28.7 Å². The Bertz CT molecular complexity index is 432. The molecule has 0 aliphatic rings. The van der Waals surface area contributed by atoms with Crippen LogP contribution in [0.5, 0.6) is 0 Å². The van der Waals surface area contributed by atoms with E-state index in [1.807, 2.05) is 50.7 Å². The summed E-state index contributed by atoms with van der Waals surface area (Å²) in [4.78, 5) is 12.7. The molecule has 0 saturated carbocycles. The summed E-state index contributed by atoms with van der Waals surface area (Å²) in [5, 5.41) is 2.77. The van der Waals surface area contributed by atoms with Crippen molar-refractivity contribution in [1.82, 2.24) is 5.32 Å². The Labute approximate surface area is 134 Å². The van der Waals surface area contributed by atoms with Crippen LogP contribution in [-0.2, 0) is 4.74 Å². The maximum Gasteiger partial charge on any atom is 0.407 e. The molecule has 112 valence electrons. The molecule has 0 saturated heterocycles. The standard InChI is InChI=1S/C15H22BrNO2S/c1-15(2,3)19-14(18)17-10-6-7-11-20-13-9-5-4-8-12(13)16/h4-5,8-9H,6-7,10-11H2,1-3H3,(H,17,18). The minimum Gasteiger partial charge on any atom is -0.444 e. The van der Waals surface area contributed by atoms with Crippen molar-refractivity contribution in [1.29, 1.82) is 0 Å². The van der Waals surface area contributed by atoms with Crippen molar-refractivity contribution in [3.63, 3.8) is 0 Å². The van der Waals surface area contributed by atoms with E-state index >= 15 is 0 Å². The molecule has 1 N–H and O–H groups in total. The van der Waals surface area contributed by atoms with Gasteiger partial charge in [-0.25, -0.2) is 4.79 Å². The van der Waals surface area contributed by atoms with Crippen LogP contribution < -0.4 is 5.32 Å². The number of amides is 1. The molecule has 1 aromatic rings. The minimum absolute atomic E-state index is 0.337. The zero-order valence-corrected chi connectivity index (χ0v) is 14.6. The lowest BCUT2D eigenvalue weighted by Gasteiger charge is -2.19. The zero-order valence-electron chi connectivity index (χ0n) is 12.2. The van der Waals surface area contributed by atoms with Crippen LogP contribution in [0.25, 0.3) is 0 Å². The minimum atomic E-state index is -0.431. The first kappa shape index (κ1) is 17.4. The Morgan fingerprint density at radius 3 is 2.65 bits per heavy atom. The average molecular weight is 360 g/mol. The summed E-state index contributed by atoms with van der Waals surface area (Å²) in [6, 6.07) is 8.20. The quantitative estimate of drug-likeness (QED) is 0.582. The fourth-order valence-corrected chi connectivity index (χ4v) is 3.05. The predicted molar refractivity (Wildman–Crippen MR) is 88.3 cm³/mol. The van der Waals surface area contributed by atoms with Gasteiger partial charge in [0.15, 0.2) is 0 Å². The van der Waals surface area contributed by atoms with E-state index in [9.17, 15) is 4.79 Å². The molecule has 3 nitrogen and oxygen atoms in total. The maximum atomic E-state index is 11.4. The molecule has 1 amide bonds. The summed E-state index contributed by atoms with van der Waals surface area (Å²) < 4.78 is 6.30. The molecule has 0 radical (unpaired) electrons. The van der Waals surface area contributed by atoms with E-state index in [1.54, 1.807) is 0 Å². The highest BCUT2D eigenvalue weighted by atomic mass is 79.9. The molecule has 0 aromatic heterocycles. The molecule has 0 aliphatic heterocycles. The smallest absolute Gasteiger partial charge is 0.407 e. The van der Waals surface area contributed by atoms with E-state index in [2.05, 4.69) is 27.3 Å². The molecule has 0 heterocycles. The molecule has 0 aliphatic carbocycles. The van der Waals surface area contributed by atoms with Crippen LogP contribution in [0.2, 0.25) is 0 Å². The Balaban J connectivity index is 2.08. The molecule has 0 atom stereocenters. The number of unbranched alkanes of at least 4 members (excludes halogenated alkanes) is 1. The molecular formula is C15H22BrNO2S. The van der Waals surface area contributed by atoms with E-state index in [4.69, 9.17) is 4.74 Å². The number of hydrogen-bond donors (Lipinski definition) is 1. The van der Waals surface area contributed by atoms with Crippen LogP contribution in [0.3, 0.4) is 0 Å². The summed E-state index contributed by atoms with van der Waals surface area (Å²) in [5.74, 6) is 1.04. The molecule has 0 unspecified atom stereocenters. The van der Waals surface area contributed by atoms with Crippen LogP contribution in [0, 0.1) is 0 Å². The lowest BCUT2D eigenvalue weighted by Crippen LogP contribution is -2.33. The average Bonchev–Trinajstić information content (AvgIpc) is 2.33. The zero-order chi connectivity index (χ0) is 15.0. The van der Waals surface area contributed by atoms with Crippen molar-refractivity contribution in [2.24, 2.45) is 0 Å². The van der Waals surface area contributed by atoms with Gasteiger partial charge >= 0.3 is 6.09 Å². The van der Waals surface area contributed by atoms with Crippen LogP contribution in [0.4, 0.5) is 4.79 Å². The molecule has 5 heteroatoms. The maximum absolute atomic E-state index is 11.4. The van der Waals surface area contributed by atoms with Crippen molar-refractivity contribution in [3.8, 4) is 0 Å². The van der Waals surface area contributed by atoms with Crippen molar-refractivity contribution >= 4 is 33.8 Å². The number of rotatable bonds is 6. The van der Waals surface area contributed by atoms with E-state index in [0.717, 1.165) is 23.1 Å². The second-order valence-corrected chi connectivity index (χ2v) is 7.41. The van der Waals surface area contributed by atoms with E-state index in [-0.39, 0.29) is 6.09 Å². The largest absolute Gasteiger partial charge is 0.444 e. The summed E-state index contributed by atoms with van der Waals surface area (Å²) >= 11 is 5.36. The molecule has 0 bridgehead atoms. The first-order valence-electron chi connectivity index (χ1n) is 6.73. The highest BCUT2D eigenvalue weighted by molar-refractivity contribution is 9.10. The second kappa shape index (κ2) is 8.57. The number of benzene rings is 1. The second-order valence-electron chi connectivity index (χ2n) is 5.41. The number of alkyl carbamates (subject to hydrolysis) is 1. The molecule has 1 aromatic carbocycles. The van der Waals surface area contributed by atoms with Gasteiger partial charge in [-0.05, 0) is 67.4 Å². The Hall–Kier alpha value is -0.680. The van der Waals surface area contributed by atoms with Gasteiger partial charge in [0.05, 0.1) is 0 Å². The van der Waals surface area contributed by atoms with Gasteiger partial charge < -0.3 is 10.1 Å². The van der Waals surface area contributed by atoms with Gasteiger partial charge in [-0.2, -0.15) is 0 Å². The fourth-order valence-electron chi connectivity index (χ4n) is 1.48. The third-order valence-electron chi connectivity index (χ3n) is 2.33. The monoisotopic (exact) mass is 359 g/mol. The highest BCUT2D eigenvalue weighted by Gasteiger charge is 2.15. The Kier molecular flexibility index (Phi) is 7.45. The number of ether oxygens (including phenoxy) is 1. The highest BCUT2D eigenvalue weighted by Crippen LogP contribution is 2.27. The topological polar surface area (TPSA) is 38.3 Å². The Morgan fingerprint density at radius 1 is 1.30 bits per heavy atom. The normalized spacial score (nSPS) is 11.2. The van der Waals surface area contributed by atoms with E-state index in [0.29, 0.717) is 6.54 Å². The fraction of sp³-hybridized carbons (Fsp3) is 0.533. The lowest BCUT2D eigenvalue weighted by molar-refractivity contribution is 0.0527. The lowest BCUT2D eigenvalue weighted by atomic mass is 10.2. The van der Waals surface area contributed by atoms with Gasteiger partial charge in [0, 0.05) is 15.9 Å². The Morgan fingerprint density at radius 2 is 2.00 bits per heavy atom. The summed E-state index contributed by atoms with van der Waals surface area (Å²) in [7, 11) is 0. The van der Waals surface area contributed by atoms with E-state index in [1.165, 1.54) is 4.90 Å². The van der Waals surface area contributed by atoms with Crippen molar-refractivity contribution in [2.75, 3.05) is 12.3 Å². The summed E-state index contributed by atoms with van der Waals surface area (Å²) in [5.41, 5.74) is -0.431. The number of nitrogens with one attached hydrogen (secondary N) is 1. The van der Waals surface area contributed by atoms with Crippen molar-refractivity contribution < 1.29 is 9.53 Å². The number of thioether (sulfide) groups is 1. The van der Waals surface area contributed by atoms with Crippen molar-refractivity contribution in [2.45, 2.75) is 44.1 Å². The van der Waals surface area contributed by atoms with Crippen LogP contribution in [-0.4, -0.2) is 24.0 Å². The third-order valence-corrected chi connectivity index (χ3v) is 4.45. The number of carbonyl (C=O) groups is 1. The van der Waals surface area contributed by atoms with Gasteiger partial charge in [0.25, 0.3) is 0 Å². The number of carbonyl (C=O) groups excluding carboxylic acids is 1. The first-order chi connectivity index (χ1) is 9.38. The molecule has 0 fully saturated rings. The van der Waals surface area contributed by atoms with Gasteiger partial charge in [0.2, 0.25) is 0 Å². The van der Waals surface area contributed by atoms with Crippen LogP contribution in [0.1, 0.15) is 33.6 Å². The first-order valence-corrected chi connectivity index (χ1v) is 8.50. The van der Waals surface area contributed by atoms with Crippen LogP contribution in [0.15, 0.2) is 33.6 Å². The van der Waals surface area contributed by atoms with Gasteiger partial charge in [-0.15, -0.1) is 11.8 Å². The summed E-state index contributed by atoms with van der Waals surface area (Å²) in [6.07, 6.45) is 1.68. The molecule has 20 heavy (non-hydrogen) atoms. The van der Waals surface area contributed by atoms with Gasteiger partial charge in [0.1, 0.15) is 5.60 Å². The summed E-state index contributed by atoms with van der Waals surface area (Å²) in [6.45, 7) is 6.24. The molecule has 1 rings (SSSR count). The molecular weight excluding hydrogens is 338 g/mol. The number of halogens is 1. The third kappa shape index (κ3) is 7.80. The number of hydrogen-bond acceptors (Lipinski definition) is 3. The van der Waals surface area contributed by atoms with Gasteiger partial charge in [-0.3, -0.25) is 0 Å². The molecule has 0 spiro atoms. The predicted octanol–water partition coefficient (Wildman–Crippen LogP) is 4.85. The SMILES string of the molecule is CC(C)(C)OC(=O)NCCCCSc1ccccc1Br. The van der Waals surface area contributed by atoms with E-state index < -0.39 is 5.60 Å². The van der Waals surface area contributed by atoms with Crippen LogP contribution >= 0.6 is 27.7 Å².